The third kappa shape index (κ3) is 2.58. The fourth-order valence-corrected chi connectivity index (χ4v) is 2.24. The van der Waals surface area contributed by atoms with Crippen LogP contribution in [-0.2, 0) is 0 Å². The topological polar surface area (TPSA) is 49.3 Å². The lowest BCUT2D eigenvalue weighted by molar-refractivity contribution is 0.0355. The third-order valence-electron chi connectivity index (χ3n) is 2.81. The van der Waals surface area contributed by atoms with Gasteiger partial charge in [-0.05, 0) is 37.1 Å². The van der Waals surface area contributed by atoms with Crippen molar-refractivity contribution in [2.75, 3.05) is 6.54 Å². The van der Waals surface area contributed by atoms with Gasteiger partial charge in [-0.15, -0.1) is 11.3 Å². The van der Waals surface area contributed by atoms with Crippen molar-refractivity contribution in [2.24, 2.45) is 5.92 Å². The minimum Gasteiger partial charge on any atom is -0.388 e. The van der Waals surface area contributed by atoms with Crippen molar-refractivity contribution in [3.8, 4) is 0 Å². The predicted octanol–water partition coefficient (Wildman–Crippen LogP) is 1.64. The van der Waals surface area contributed by atoms with Gasteiger partial charge in [0, 0.05) is 6.54 Å². The maximum absolute atomic E-state index is 11.6. The van der Waals surface area contributed by atoms with E-state index in [2.05, 4.69) is 5.32 Å². The Morgan fingerprint density at radius 3 is 3.00 bits per heavy atom. The van der Waals surface area contributed by atoms with Crippen LogP contribution in [0.25, 0.3) is 0 Å². The molecule has 1 aromatic heterocycles. The van der Waals surface area contributed by atoms with E-state index >= 15 is 0 Å². The fraction of sp³-hybridized carbons (Fsp3) is 0.545. The molecule has 3 nitrogen and oxygen atoms in total. The number of nitrogens with one attached hydrogen (secondary N) is 1. The van der Waals surface area contributed by atoms with E-state index < -0.39 is 5.60 Å². The van der Waals surface area contributed by atoms with Gasteiger partial charge in [-0.3, -0.25) is 4.79 Å². The van der Waals surface area contributed by atoms with Crippen LogP contribution in [0.4, 0.5) is 0 Å². The summed E-state index contributed by atoms with van der Waals surface area (Å²) < 4.78 is 0. The van der Waals surface area contributed by atoms with Crippen LogP contribution in [0.3, 0.4) is 0 Å². The molecular formula is C11H15NO2S. The number of aliphatic hydroxyl groups is 1. The molecular weight excluding hydrogens is 210 g/mol. The molecule has 1 unspecified atom stereocenters. The lowest BCUT2D eigenvalue weighted by atomic mass is 10.0. The Labute approximate surface area is 93.1 Å². The van der Waals surface area contributed by atoms with E-state index in [1.807, 2.05) is 11.4 Å². The van der Waals surface area contributed by atoms with Crippen molar-refractivity contribution in [3.63, 3.8) is 0 Å². The highest BCUT2D eigenvalue weighted by Crippen LogP contribution is 2.39. The Morgan fingerprint density at radius 2 is 2.47 bits per heavy atom. The summed E-state index contributed by atoms with van der Waals surface area (Å²) in [6.07, 6.45) is 2.14. The Balaban J connectivity index is 1.85. The summed E-state index contributed by atoms with van der Waals surface area (Å²) >= 11 is 1.41. The van der Waals surface area contributed by atoms with Gasteiger partial charge >= 0.3 is 0 Å². The molecule has 1 amide bonds. The van der Waals surface area contributed by atoms with Crippen molar-refractivity contribution in [1.82, 2.24) is 5.32 Å². The lowest BCUT2D eigenvalue weighted by Crippen LogP contribution is -2.42. The van der Waals surface area contributed by atoms with Gasteiger partial charge in [-0.2, -0.15) is 0 Å². The fourth-order valence-electron chi connectivity index (χ4n) is 1.60. The van der Waals surface area contributed by atoms with E-state index in [0.29, 0.717) is 17.3 Å². The number of hydrogen-bond acceptors (Lipinski definition) is 3. The van der Waals surface area contributed by atoms with Crippen LogP contribution >= 0.6 is 11.3 Å². The van der Waals surface area contributed by atoms with Gasteiger partial charge < -0.3 is 10.4 Å². The van der Waals surface area contributed by atoms with Crippen LogP contribution in [0.15, 0.2) is 17.5 Å². The largest absolute Gasteiger partial charge is 0.388 e. The zero-order valence-corrected chi connectivity index (χ0v) is 9.51. The van der Waals surface area contributed by atoms with E-state index in [1.165, 1.54) is 11.3 Å². The molecule has 82 valence electrons. The molecule has 0 spiro atoms. The Morgan fingerprint density at radius 1 is 1.73 bits per heavy atom. The number of carbonyl (C=O) groups excluding carboxylic acids is 1. The van der Waals surface area contributed by atoms with Gasteiger partial charge in [0.25, 0.3) is 5.91 Å². The normalized spacial score (nSPS) is 19.6. The molecule has 0 bridgehead atoms. The smallest absolute Gasteiger partial charge is 0.261 e. The van der Waals surface area contributed by atoms with Gasteiger partial charge in [-0.25, -0.2) is 0 Å². The summed E-state index contributed by atoms with van der Waals surface area (Å²) in [5, 5.41) is 14.6. The maximum atomic E-state index is 11.6. The van der Waals surface area contributed by atoms with Gasteiger partial charge in [0.1, 0.15) is 0 Å². The first-order valence-corrected chi connectivity index (χ1v) is 6.01. The van der Waals surface area contributed by atoms with Crippen LogP contribution < -0.4 is 5.32 Å². The summed E-state index contributed by atoms with van der Waals surface area (Å²) in [6, 6.07) is 3.63. The number of rotatable bonds is 4. The molecule has 1 aliphatic carbocycles. The summed E-state index contributed by atoms with van der Waals surface area (Å²) in [7, 11) is 0. The minimum absolute atomic E-state index is 0.0917. The van der Waals surface area contributed by atoms with E-state index in [1.54, 1.807) is 13.0 Å². The summed E-state index contributed by atoms with van der Waals surface area (Å²) in [4.78, 5) is 12.3. The summed E-state index contributed by atoms with van der Waals surface area (Å²) in [5.41, 5.74) is -0.743. The Hall–Kier alpha value is -0.870. The van der Waals surface area contributed by atoms with Crippen LogP contribution in [-0.4, -0.2) is 23.2 Å². The van der Waals surface area contributed by atoms with E-state index in [-0.39, 0.29) is 5.91 Å². The molecule has 15 heavy (non-hydrogen) atoms. The molecule has 1 saturated carbocycles. The quantitative estimate of drug-likeness (QED) is 0.818. The second kappa shape index (κ2) is 3.94. The second-order valence-corrected chi connectivity index (χ2v) is 5.24. The SMILES string of the molecule is CC(O)(CNC(=O)c1cccs1)C1CC1. The molecule has 1 fully saturated rings. The molecule has 0 saturated heterocycles. The number of amides is 1. The van der Waals surface area contributed by atoms with Crippen molar-refractivity contribution in [2.45, 2.75) is 25.4 Å². The zero-order chi connectivity index (χ0) is 10.9. The van der Waals surface area contributed by atoms with Gasteiger partial charge in [0.05, 0.1) is 10.5 Å². The monoisotopic (exact) mass is 225 g/mol. The number of thiophene rings is 1. The van der Waals surface area contributed by atoms with Gasteiger partial charge in [0.2, 0.25) is 0 Å². The van der Waals surface area contributed by atoms with Crippen LogP contribution in [0, 0.1) is 5.92 Å². The van der Waals surface area contributed by atoms with Crippen LogP contribution in [0.5, 0.6) is 0 Å². The molecule has 1 aliphatic rings. The molecule has 1 atom stereocenters. The highest BCUT2D eigenvalue weighted by molar-refractivity contribution is 7.12. The lowest BCUT2D eigenvalue weighted by Gasteiger charge is -2.22. The van der Waals surface area contributed by atoms with Gasteiger partial charge in [0.15, 0.2) is 0 Å². The van der Waals surface area contributed by atoms with Crippen molar-refractivity contribution in [1.29, 1.82) is 0 Å². The molecule has 1 aromatic rings. The molecule has 1 heterocycles. The molecule has 2 N–H and O–H groups in total. The first-order chi connectivity index (χ1) is 7.09. The predicted molar refractivity (Wildman–Crippen MR) is 60.0 cm³/mol. The number of carbonyl (C=O) groups is 1. The van der Waals surface area contributed by atoms with E-state index in [0.717, 1.165) is 12.8 Å². The van der Waals surface area contributed by atoms with Crippen LogP contribution in [0.1, 0.15) is 29.4 Å². The first kappa shape index (κ1) is 10.6. The third-order valence-corrected chi connectivity index (χ3v) is 3.68. The molecule has 0 aliphatic heterocycles. The zero-order valence-electron chi connectivity index (χ0n) is 8.69. The first-order valence-electron chi connectivity index (χ1n) is 5.14. The minimum atomic E-state index is -0.743. The average Bonchev–Trinajstić information content (AvgIpc) is 2.92. The maximum Gasteiger partial charge on any atom is 0.261 e. The van der Waals surface area contributed by atoms with Crippen molar-refractivity contribution < 1.29 is 9.90 Å². The van der Waals surface area contributed by atoms with Gasteiger partial charge in [-0.1, -0.05) is 6.07 Å². The van der Waals surface area contributed by atoms with E-state index in [4.69, 9.17) is 0 Å². The molecule has 4 heteroatoms. The molecule has 0 aromatic carbocycles. The summed E-state index contributed by atoms with van der Waals surface area (Å²) in [5.74, 6) is 0.270. The molecule has 0 radical (unpaired) electrons. The Kier molecular flexibility index (Phi) is 2.80. The molecule has 2 rings (SSSR count). The number of hydrogen-bond donors (Lipinski definition) is 2. The second-order valence-electron chi connectivity index (χ2n) is 4.29. The average molecular weight is 225 g/mol. The highest BCUT2D eigenvalue weighted by atomic mass is 32.1. The van der Waals surface area contributed by atoms with E-state index in [9.17, 15) is 9.90 Å². The van der Waals surface area contributed by atoms with Crippen molar-refractivity contribution in [3.05, 3.63) is 22.4 Å². The van der Waals surface area contributed by atoms with Crippen molar-refractivity contribution >= 4 is 17.2 Å². The highest BCUT2D eigenvalue weighted by Gasteiger charge is 2.39. The standard InChI is InChI=1S/C11H15NO2S/c1-11(14,8-4-5-8)7-12-10(13)9-3-2-6-15-9/h2-3,6,8,14H,4-5,7H2,1H3,(H,12,13). The van der Waals surface area contributed by atoms with Crippen LogP contribution in [0.2, 0.25) is 0 Å². The Bertz CT molecular complexity index is 341. The summed E-state index contributed by atoms with van der Waals surface area (Å²) in [6.45, 7) is 2.13.